The summed E-state index contributed by atoms with van der Waals surface area (Å²) >= 11 is 7.61. The van der Waals surface area contributed by atoms with Crippen LogP contribution in [0.4, 0.5) is 0 Å². The molecular weight excluding hydrogens is 384 g/mol. The molecule has 1 aliphatic rings. The fraction of sp³-hybridized carbons (Fsp3) is 0.500. The van der Waals surface area contributed by atoms with Gasteiger partial charge in [0.15, 0.2) is 4.80 Å². The first kappa shape index (κ1) is 20.1. The molecule has 0 saturated carbocycles. The Balaban J connectivity index is 2.05. The summed E-state index contributed by atoms with van der Waals surface area (Å²) < 4.78 is 12.7. The average Bonchev–Trinajstić information content (AvgIpc) is 2.96. The van der Waals surface area contributed by atoms with Crippen LogP contribution in [0.25, 0.3) is 0 Å². The van der Waals surface area contributed by atoms with E-state index >= 15 is 0 Å². The summed E-state index contributed by atoms with van der Waals surface area (Å²) in [5.41, 5.74) is 0.413. The van der Waals surface area contributed by atoms with Gasteiger partial charge < -0.3 is 14.0 Å². The van der Waals surface area contributed by atoms with Crippen molar-refractivity contribution < 1.29 is 14.3 Å². The first-order valence-electron chi connectivity index (χ1n) is 8.82. The molecule has 1 fully saturated rings. The molecule has 5 nitrogen and oxygen atoms in total. The standard InChI is InChI=1S/C20H25ClN2O3S/c1-19(2,3)16-9-23(10-20(4)11-26-12-20)18(27-16)22-17(24)14-8-13(21)6-7-15(14)25-5/h6-9H,10-12H2,1-5H3/b22-18-. The molecule has 0 unspecified atom stereocenters. The van der Waals surface area contributed by atoms with Crippen LogP contribution in [0.2, 0.25) is 5.02 Å². The van der Waals surface area contributed by atoms with Gasteiger partial charge in [0.2, 0.25) is 0 Å². The minimum absolute atomic E-state index is 0.0198. The number of rotatable bonds is 4. The average molecular weight is 409 g/mol. The van der Waals surface area contributed by atoms with Gasteiger partial charge in [-0.2, -0.15) is 4.99 Å². The highest BCUT2D eigenvalue weighted by molar-refractivity contribution is 7.09. The molecule has 7 heteroatoms. The lowest BCUT2D eigenvalue weighted by molar-refractivity contribution is -0.110. The summed E-state index contributed by atoms with van der Waals surface area (Å²) in [5, 5.41) is 0.475. The Bertz CT molecular complexity index is 920. The number of amides is 1. The Labute approximate surface area is 168 Å². The second kappa shape index (κ2) is 7.41. The molecule has 0 aliphatic carbocycles. The summed E-state index contributed by atoms with van der Waals surface area (Å²) in [6.07, 6.45) is 2.11. The Morgan fingerprint density at radius 3 is 2.67 bits per heavy atom. The van der Waals surface area contributed by atoms with E-state index in [4.69, 9.17) is 21.1 Å². The van der Waals surface area contributed by atoms with E-state index in [1.54, 1.807) is 29.5 Å². The highest BCUT2D eigenvalue weighted by Gasteiger charge is 2.34. The molecule has 3 rings (SSSR count). The van der Waals surface area contributed by atoms with Gasteiger partial charge >= 0.3 is 0 Å². The third-order valence-electron chi connectivity index (χ3n) is 4.50. The lowest BCUT2D eigenvalue weighted by Gasteiger charge is -2.38. The van der Waals surface area contributed by atoms with Crippen LogP contribution in [0.3, 0.4) is 0 Å². The maximum Gasteiger partial charge on any atom is 0.283 e. The Morgan fingerprint density at radius 2 is 2.11 bits per heavy atom. The molecule has 2 heterocycles. The Kier molecular flexibility index (Phi) is 5.52. The van der Waals surface area contributed by atoms with E-state index in [9.17, 15) is 4.79 Å². The second-order valence-electron chi connectivity index (χ2n) is 8.32. The summed E-state index contributed by atoms with van der Waals surface area (Å²) in [5.74, 6) is 0.104. The van der Waals surface area contributed by atoms with E-state index in [-0.39, 0.29) is 16.7 Å². The molecule has 0 N–H and O–H groups in total. The zero-order valence-electron chi connectivity index (χ0n) is 16.3. The van der Waals surface area contributed by atoms with Crippen LogP contribution in [-0.4, -0.2) is 30.8 Å². The van der Waals surface area contributed by atoms with E-state index in [0.717, 1.165) is 19.8 Å². The summed E-state index contributed by atoms with van der Waals surface area (Å²) in [6, 6.07) is 4.97. The predicted molar refractivity (Wildman–Crippen MR) is 108 cm³/mol. The molecule has 1 amide bonds. The maximum absolute atomic E-state index is 12.9. The van der Waals surface area contributed by atoms with Gasteiger partial charge in [-0.15, -0.1) is 11.3 Å². The molecular formula is C20H25ClN2O3S. The summed E-state index contributed by atoms with van der Waals surface area (Å²) in [4.78, 5) is 19.1. The molecule has 1 saturated heterocycles. The van der Waals surface area contributed by atoms with Crippen molar-refractivity contribution in [3.8, 4) is 5.75 Å². The number of ether oxygens (including phenoxy) is 2. The quantitative estimate of drug-likeness (QED) is 0.758. The maximum atomic E-state index is 12.9. The highest BCUT2D eigenvalue weighted by atomic mass is 35.5. The zero-order chi connectivity index (χ0) is 19.8. The van der Waals surface area contributed by atoms with Crippen LogP contribution >= 0.6 is 22.9 Å². The Hall–Kier alpha value is -1.63. The molecule has 1 aromatic heterocycles. The predicted octanol–water partition coefficient (Wildman–Crippen LogP) is 4.29. The molecule has 1 aliphatic heterocycles. The van der Waals surface area contributed by atoms with Crippen LogP contribution < -0.4 is 9.54 Å². The molecule has 0 radical (unpaired) electrons. The molecule has 0 atom stereocenters. The fourth-order valence-electron chi connectivity index (χ4n) is 2.87. The van der Waals surface area contributed by atoms with Gasteiger partial charge in [0.25, 0.3) is 5.91 Å². The molecule has 0 bridgehead atoms. The van der Waals surface area contributed by atoms with Crippen LogP contribution in [0.1, 0.15) is 42.9 Å². The van der Waals surface area contributed by atoms with Gasteiger partial charge in [0.1, 0.15) is 5.75 Å². The minimum Gasteiger partial charge on any atom is -0.496 e. The smallest absolute Gasteiger partial charge is 0.283 e. The minimum atomic E-state index is -0.361. The van der Waals surface area contributed by atoms with Crippen molar-refractivity contribution >= 4 is 28.8 Å². The van der Waals surface area contributed by atoms with Gasteiger partial charge in [-0.25, -0.2) is 0 Å². The van der Waals surface area contributed by atoms with E-state index in [0.29, 0.717) is 21.1 Å². The lowest BCUT2D eigenvalue weighted by atomic mass is 9.88. The molecule has 146 valence electrons. The van der Waals surface area contributed by atoms with Crippen LogP contribution in [0.15, 0.2) is 29.4 Å². The Morgan fingerprint density at radius 1 is 1.41 bits per heavy atom. The third kappa shape index (κ3) is 4.45. The van der Waals surface area contributed by atoms with Crippen molar-refractivity contribution in [2.75, 3.05) is 20.3 Å². The normalized spacial score (nSPS) is 16.9. The monoisotopic (exact) mass is 408 g/mol. The number of benzene rings is 1. The lowest BCUT2D eigenvalue weighted by Crippen LogP contribution is -2.44. The van der Waals surface area contributed by atoms with E-state index in [2.05, 4.69) is 43.5 Å². The number of halogens is 1. The van der Waals surface area contributed by atoms with Crippen LogP contribution in [-0.2, 0) is 16.7 Å². The van der Waals surface area contributed by atoms with Gasteiger partial charge in [0, 0.05) is 28.1 Å². The van der Waals surface area contributed by atoms with Crippen LogP contribution in [0, 0.1) is 5.41 Å². The number of hydrogen-bond acceptors (Lipinski definition) is 4. The topological polar surface area (TPSA) is 52.8 Å². The van der Waals surface area contributed by atoms with E-state index in [1.165, 1.54) is 12.0 Å². The SMILES string of the molecule is COc1ccc(Cl)cc1C(=O)/N=c1\sc(C(C)(C)C)cn1CC1(C)COC1. The number of carbonyl (C=O) groups is 1. The fourth-order valence-corrected chi connectivity index (χ4v) is 4.09. The number of hydrogen-bond donors (Lipinski definition) is 0. The van der Waals surface area contributed by atoms with Gasteiger partial charge in [-0.05, 0) is 23.6 Å². The number of aromatic nitrogens is 1. The van der Waals surface area contributed by atoms with Crippen molar-refractivity contribution in [2.45, 2.75) is 39.7 Å². The summed E-state index contributed by atoms with van der Waals surface area (Å²) in [6.45, 7) is 10.9. The van der Waals surface area contributed by atoms with Crippen molar-refractivity contribution in [3.05, 3.63) is 44.7 Å². The second-order valence-corrected chi connectivity index (χ2v) is 9.77. The number of carbonyl (C=O) groups excluding carboxylic acids is 1. The molecule has 0 spiro atoms. The van der Waals surface area contributed by atoms with E-state index in [1.807, 2.05) is 0 Å². The molecule has 1 aromatic carbocycles. The number of nitrogens with zero attached hydrogens (tertiary/aromatic N) is 2. The third-order valence-corrected chi connectivity index (χ3v) is 6.18. The van der Waals surface area contributed by atoms with Crippen molar-refractivity contribution in [1.82, 2.24) is 4.57 Å². The van der Waals surface area contributed by atoms with Crippen molar-refractivity contribution in [2.24, 2.45) is 10.4 Å². The van der Waals surface area contributed by atoms with Gasteiger partial charge in [0.05, 0.1) is 25.9 Å². The largest absolute Gasteiger partial charge is 0.496 e. The van der Waals surface area contributed by atoms with Gasteiger partial charge in [-0.3, -0.25) is 4.79 Å². The van der Waals surface area contributed by atoms with Crippen molar-refractivity contribution in [3.63, 3.8) is 0 Å². The zero-order valence-corrected chi connectivity index (χ0v) is 17.9. The number of thiazole rings is 1. The van der Waals surface area contributed by atoms with E-state index < -0.39 is 0 Å². The highest BCUT2D eigenvalue weighted by Crippen LogP contribution is 2.30. The van der Waals surface area contributed by atoms with Crippen molar-refractivity contribution in [1.29, 1.82) is 0 Å². The van der Waals surface area contributed by atoms with Gasteiger partial charge in [-0.1, -0.05) is 39.3 Å². The first-order chi connectivity index (χ1) is 12.6. The number of methoxy groups -OCH3 is 1. The summed E-state index contributed by atoms with van der Waals surface area (Å²) in [7, 11) is 1.53. The van der Waals surface area contributed by atoms with Crippen LogP contribution in [0.5, 0.6) is 5.75 Å². The first-order valence-corrected chi connectivity index (χ1v) is 10.0. The molecule has 27 heavy (non-hydrogen) atoms. The molecule has 2 aromatic rings.